The lowest BCUT2D eigenvalue weighted by atomic mass is 10.1. The number of ether oxygens (including phenoxy) is 1. The largest absolute Gasteiger partial charge is 0.573 e. The molecular formula is C11H10F3NOS. The van der Waals surface area contributed by atoms with E-state index in [1.54, 1.807) is 0 Å². The van der Waals surface area contributed by atoms with Crippen LogP contribution in [0.15, 0.2) is 12.1 Å². The molecule has 0 aliphatic rings. The minimum Gasteiger partial charge on any atom is -0.406 e. The third-order valence-electron chi connectivity index (χ3n) is 2.27. The van der Waals surface area contributed by atoms with Crippen LogP contribution in [0.2, 0.25) is 0 Å². The van der Waals surface area contributed by atoms with Crippen molar-refractivity contribution in [3.8, 4) is 5.75 Å². The van der Waals surface area contributed by atoms with Gasteiger partial charge in [0.15, 0.2) is 0 Å². The van der Waals surface area contributed by atoms with Crippen LogP contribution in [0.25, 0.3) is 10.2 Å². The van der Waals surface area contributed by atoms with Gasteiger partial charge in [0.1, 0.15) is 5.75 Å². The van der Waals surface area contributed by atoms with Crippen molar-refractivity contribution in [3.05, 3.63) is 22.7 Å². The van der Waals surface area contributed by atoms with Crippen LogP contribution in [0.3, 0.4) is 0 Å². The number of thiazole rings is 1. The molecule has 0 aliphatic heterocycles. The Morgan fingerprint density at radius 1 is 1.35 bits per heavy atom. The molecule has 0 saturated carbocycles. The Kier molecular flexibility index (Phi) is 2.99. The van der Waals surface area contributed by atoms with Crippen LogP contribution < -0.4 is 4.74 Å². The van der Waals surface area contributed by atoms with Crippen molar-refractivity contribution < 1.29 is 17.9 Å². The molecule has 6 heteroatoms. The molecule has 2 rings (SSSR count). The van der Waals surface area contributed by atoms with Crippen LogP contribution >= 0.6 is 11.3 Å². The van der Waals surface area contributed by atoms with Crippen molar-refractivity contribution >= 4 is 21.6 Å². The van der Waals surface area contributed by atoms with E-state index in [-0.39, 0.29) is 5.75 Å². The Morgan fingerprint density at radius 3 is 2.65 bits per heavy atom. The summed E-state index contributed by atoms with van der Waals surface area (Å²) in [6, 6.07) is 2.78. The predicted octanol–water partition coefficient (Wildman–Crippen LogP) is 4.07. The minimum atomic E-state index is -4.65. The highest BCUT2D eigenvalue weighted by Gasteiger charge is 2.31. The Bertz CT molecular complexity index is 547. The number of aromatic nitrogens is 1. The van der Waals surface area contributed by atoms with Crippen molar-refractivity contribution in [2.45, 2.75) is 26.6 Å². The third-order valence-corrected chi connectivity index (χ3v) is 3.19. The van der Waals surface area contributed by atoms with Crippen LogP contribution in [0.1, 0.15) is 17.5 Å². The molecule has 0 atom stereocenters. The number of aryl methyl sites for hydroxylation is 2. The molecule has 0 saturated heterocycles. The second kappa shape index (κ2) is 4.18. The van der Waals surface area contributed by atoms with Gasteiger partial charge in [-0.3, -0.25) is 0 Å². The second-order valence-electron chi connectivity index (χ2n) is 3.56. The lowest BCUT2D eigenvalue weighted by Crippen LogP contribution is -2.17. The van der Waals surface area contributed by atoms with Gasteiger partial charge in [0.05, 0.1) is 15.2 Å². The number of halogens is 3. The van der Waals surface area contributed by atoms with E-state index < -0.39 is 6.36 Å². The van der Waals surface area contributed by atoms with Crippen molar-refractivity contribution in [1.29, 1.82) is 0 Å². The Hall–Kier alpha value is -1.30. The second-order valence-corrected chi connectivity index (χ2v) is 4.80. The number of fused-ring (bicyclic) bond motifs is 1. The maximum atomic E-state index is 12.1. The van der Waals surface area contributed by atoms with Crippen LogP contribution in [0.4, 0.5) is 13.2 Å². The van der Waals surface area contributed by atoms with Crippen molar-refractivity contribution in [1.82, 2.24) is 4.98 Å². The molecule has 2 aromatic rings. The van der Waals surface area contributed by atoms with Crippen molar-refractivity contribution in [3.63, 3.8) is 0 Å². The van der Waals surface area contributed by atoms with Gasteiger partial charge in [0.25, 0.3) is 0 Å². The molecule has 2 nitrogen and oxygen atoms in total. The first-order chi connectivity index (χ1) is 7.89. The molecule has 0 fully saturated rings. The van der Waals surface area contributed by atoms with Gasteiger partial charge in [0.2, 0.25) is 0 Å². The maximum absolute atomic E-state index is 12.1. The number of hydrogen-bond acceptors (Lipinski definition) is 3. The summed E-state index contributed by atoms with van der Waals surface area (Å²) in [5, 5.41) is 0.832. The van der Waals surface area contributed by atoms with E-state index in [0.29, 0.717) is 6.42 Å². The van der Waals surface area contributed by atoms with E-state index >= 15 is 0 Å². The summed E-state index contributed by atoms with van der Waals surface area (Å²) in [4.78, 5) is 4.30. The molecule has 0 aliphatic carbocycles. The Morgan fingerprint density at radius 2 is 2.06 bits per heavy atom. The first-order valence-electron chi connectivity index (χ1n) is 5.05. The average molecular weight is 261 g/mol. The molecule has 0 radical (unpaired) electrons. The molecule has 1 aromatic heterocycles. The lowest BCUT2D eigenvalue weighted by Gasteiger charge is -2.10. The fourth-order valence-electron chi connectivity index (χ4n) is 1.64. The predicted molar refractivity (Wildman–Crippen MR) is 60.4 cm³/mol. The third kappa shape index (κ3) is 2.69. The number of hydrogen-bond donors (Lipinski definition) is 0. The quantitative estimate of drug-likeness (QED) is 0.813. The van der Waals surface area contributed by atoms with Crippen LogP contribution in [0.5, 0.6) is 5.75 Å². The first kappa shape index (κ1) is 12.2. The van der Waals surface area contributed by atoms with E-state index in [2.05, 4.69) is 9.72 Å². The number of alkyl halides is 3. The molecular weight excluding hydrogens is 251 g/mol. The van der Waals surface area contributed by atoms with Crippen molar-refractivity contribution in [2.24, 2.45) is 0 Å². The fourth-order valence-corrected chi connectivity index (χ4v) is 2.55. The fraction of sp³-hybridized carbons (Fsp3) is 0.364. The maximum Gasteiger partial charge on any atom is 0.573 e. The minimum absolute atomic E-state index is 0.175. The van der Waals surface area contributed by atoms with Gasteiger partial charge in [-0.25, -0.2) is 4.98 Å². The SMILES string of the molecule is CCc1cc(OC(F)(F)F)cc2sc(C)nc12. The summed E-state index contributed by atoms with van der Waals surface area (Å²) >= 11 is 1.36. The van der Waals surface area contributed by atoms with Gasteiger partial charge in [-0.1, -0.05) is 6.92 Å². The topological polar surface area (TPSA) is 22.1 Å². The zero-order valence-corrected chi connectivity index (χ0v) is 10.1. The van der Waals surface area contributed by atoms with Gasteiger partial charge in [-0.05, 0) is 31.0 Å². The highest BCUT2D eigenvalue weighted by Crippen LogP contribution is 2.32. The zero-order valence-electron chi connectivity index (χ0n) is 9.26. The van der Waals surface area contributed by atoms with Gasteiger partial charge in [-0.15, -0.1) is 24.5 Å². The number of rotatable bonds is 2. The highest BCUT2D eigenvalue weighted by molar-refractivity contribution is 7.18. The van der Waals surface area contributed by atoms with Crippen LogP contribution in [-0.2, 0) is 6.42 Å². The molecule has 1 aromatic carbocycles. The van der Waals surface area contributed by atoms with Gasteiger partial charge in [0, 0.05) is 0 Å². The Balaban J connectivity index is 2.52. The molecule has 17 heavy (non-hydrogen) atoms. The highest BCUT2D eigenvalue weighted by atomic mass is 32.1. The average Bonchev–Trinajstić information content (AvgIpc) is 2.54. The van der Waals surface area contributed by atoms with E-state index in [1.165, 1.54) is 23.5 Å². The Labute approximate surface area is 100 Å². The molecule has 92 valence electrons. The van der Waals surface area contributed by atoms with Gasteiger partial charge >= 0.3 is 6.36 Å². The van der Waals surface area contributed by atoms with Gasteiger partial charge < -0.3 is 4.74 Å². The summed E-state index contributed by atoms with van der Waals surface area (Å²) in [5.74, 6) is -0.175. The van der Waals surface area contributed by atoms with E-state index in [4.69, 9.17) is 0 Å². The normalized spacial score (nSPS) is 12.1. The van der Waals surface area contributed by atoms with Crippen molar-refractivity contribution in [2.75, 3.05) is 0 Å². The first-order valence-corrected chi connectivity index (χ1v) is 5.86. The zero-order chi connectivity index (χ0) is 12.6. The summed E-state index contributed by atoms with van der Waals surface area (Å²) in [7, 11) is 0. The lowest BCUT2D eigenvalue weighted by molar-refractivity contribution is -0.274. The monoisotopic (exact) mass is 261 g/mol. The summed E-state index contributed by atoms with van der Waals surface area (Å²) in [6.07, 6.45) is -4.03. The van der Waals surface area contributed by atoms with Crippen LogP contribution in [0, 0.1) is 6.92 Å². The molecule has 0 amide bonds. The molecule has 1 heterocycles. The van der Waals surface area contributed by atoms with E-state index in [1.807, 2.05) is 13.8 Å². The molecule has 0 spiro atoms. The number of benzene rings is 1. The van der Waals surface area contributed by atoms with E-state index in [9.17, 15) is 13.2 Å². The molecule has 0 unspecified atom stereocenters. The standard InChI is InChI=1S/C11H10F3NOS/c1-3-7-4-8(16-11(12,13)14)5-9-10(7)15-6(2)17-9/h4-5H,3H2,1-2H3. The number of nitrogens with zero attached hydrogens (tertiary/aromatic N) is 1. The summed E-state index contributed by atoms with van der Waals surface area (Å²) in [5.41, 5.74) is 1.54. The van der Waals surface area contributed by atoms with Gasteiger partial charge in [-0.2, -0.15) is 0 Å². The molecule has 0 bridgehead atoms. The molecule has 0 N–H and O–H groups in total. The van der Waals surface area contributed by atoms with Crippen LogP contribution in [-0.4, -0.2) is 11.3 Å². The summed E-state index contributed by atoms with van der Waals surface area (Å²) < 4.78 is 41.1. The van der Waals surface area contributed by atoms with E-state index in [0.717, 1.165) is 20.8 Å². The summed E-state index contributed by atoms with van der Waals surface area (Å²) in [6.45, 7) is 3.70. The smallest absolute Gasteiger partial charge is 0.406 e.